The number of hydrazone groups is 1. The van der Waals surface area contributed by atoms with Crippen molar-refractivity contribution >= 4 is 11.6 Å². The number of nitrogens with zero attached hydrogens (tertiary/aromatic N) is 1. The van der Waals surface area contributed by atoms with Crippen molar-refractivity contribution in [1.29, 1.82) is 0 Å². The molecule has 0 heterocycles. The van der Waals surface area contributed by atoms with Gasteiger partial charge in [0.1, 0.15) is 5.75 Å². The molecular formula is C21H26N2O2. The Morgan fingerprint density at radius 1 is 1.12 bits per heavy atom. The van der Waals surface area contributed by atoms with E-state index in [1.165, 1.54) is 11.1 Å². The minimum absolute atomic E-state index is 0.0621. The average Bonchev–Trinajstić information content (AvgIpc) is 2.64. The molecule has 0 aromatic heterocycles. The van der Waals surface area contributed by atoms with E-state index in [4.69, 9.17) is 4.74 Å². The molecule has 0 radical (unpaired) electrons. The fourth-order valence-corrected chi connectivity index (χ4v) is 2.31. The van der Waals surface area contributed by atoms with Gasteiger partial charge in [-0.2, -0.15) is 5.10 Å². The lowest BCUT2D eigenvalue weighted by Gasteiger charge is -2.10. The van der Waals surface area contributed by atoms with Crippen LogP contribution in [0.3, 0.4) is 0 Å². The Morgan fingerprint density at radius 2 is 1.76 bits per heavy atom. The molecule has 2 aromatic rings. The first-order chi connectivity index (χ1) is 12.0. The molecule has 1 N–H and O–H groups in total. The lowest BCUT2D eigenvalue weighted by molar-refractivity contribution is -0.123. The van der Waals surface area contributed by atoms with Crippen molar-refractivity contribution in [2.24, 2.45) is 5.10 Å². The monoisotopic (exact) mass is 338 g/mol. The van der Waals surface area contributed by atoms with Crippen molar-refractivity contribution in [2.75, 3.05) is 6.61 Å². The van der Waals surface area contributed by atoms with E-state index in [-0.39, 0.29) is 12.5 Å². The normalized spacial score (nSPS) is 12.6. The zero-order valence-electron chi connectivity index (χ0n) is 15.4. The Kier molecular flexibility index (Phi) is 6.75. The van der Waals surface area contributed by atoms with Crippen LogP contribution in [0.4, 0.5) is 0 Å². The number of rotatable bonds is 7. The quantitative estimate of drug-likeness (QED) is 0.600. The highest BCUT2D eigenvalue weighted by Gasteiger charge is 2.05. The first-order valence-corrected chi connectivity index (χ1v) is 8.62. The van der Waals surface area contributed by atoms with E-state index in [0.29, 0.717) is 11.7 Å². The van der Waals surface area contributed by atoms with Crippen molar-refractivity contribution in [3.05, 3.63) is 65.2 Å². The lowest BCUT2D eigenvalue weighted by Crippen LogP contribution is -2.25. The number of benzene rings is 2. The first kappa shape index (κ1) is 18.7. The van der Waals surface area contributed by atoms with E-state index < -0.39 is 0 Å². The molecule has 0 aliphatic rings. The van der Waals surface area contributed by atoms with Crippen molar-refractivity contribution < 1.29 is 9.53 Å². The van der Waals surface area contributed by atoms with Gasteiger partial charge >= 0.3 is 0 Å². The van der Waals surface area contributed by atoms with Gasteiger partial charge in [-0.15, -0.1) is 0 Å². The van der Waals surface area contributed by atoms with Gasteiger partial charge in [0.15, 0.2) is 6.61 Å². The molecule has 2 aromatic carbocycles. The van der Waals surface area contributed by atoms with Crippen LogP contribution in [0.2, 0.25) is 0 Å². The summed E-state index contributed by atoms with van der Waals surface area (Å²) in [4.78, 5) is 11.9. The lowest BCUT2D eigenvalue weighted by atomic mass is 9.99. The Morgan fingerprint density at radius 3 is 2.36 bits per heavy atom. The van der Waals surface area contributed by atoms with Crippen molar-refractivity contribution in [2.45, 2.75) is 40.0 Å². The van der Waals surface area contributed by atoms with Gasteiger partial charge < -0.3 is 4.74 Å². The Balaban J connectivity index is 1.84. The second-order valence-corrected chi connectivity index (χ2v) is 6.27. The number of carbonyl (C=O) groups excluding carboxylic acids is 1. The van der Waals surface area contributed by atoms with Crippen LogP contribution in [-0.4, -0.2) is 18.2 Å². The molecule has 1 amide bonds. The molecule has 4 nitrogen and oxygen atoms in total. The van der Waals surface area contributed by atoms with Crippen LogP contribution in [0.25, 0.3) is 0 Å². The van der Waals surface area contributed by atoms with Crippen LogP contribution in [-0.2, 0) is 4.79 Å². The van der Waals surface area contributed by atoms with Crippen LogP contribution in [0.1, 0.15) is 49.8 Å². The largest absolute Gasteiger partial charge is 0.484 e. The van der Waals surface area contributed by atoms with E-state index in [1.807, 2.05) is 62.4 Å². The predicted molar refractivity (Wildman–Crippen MR) is 102 cm³/mol. The van der Waals surface area contributed by atoms with Crippen LogP contribution < -0.4 is 10.2 Å². The van der Waals surface area contributed by atoms with E-state index >= 15 is 0 Å². The molecule has 2 rings (SSSR count). The van der Waals surface area contributed by atoms with Crippen molar-refractivity contribution in [3.8, 4) is 5.75 Å². The van der Waals surface area contributed by atoms with Crippen molar-refractivity contribution in [3.63, 3.8) is 0 Å². The molecule has 1 unspecified atom stereocenters. The second kappa shape index (κ2) is 9.02. The summed E-state index contributed by atoms with van der Waals surface area (Å²) in [5, 5.41) is 4.12. The van der Waals surface area contributed by atoms with Gasteiger partial charge in [0.25, 0.3) is 5.91 Å². The summed E-state index contributed by atoms with van der Waals surface area (Å²) in [6, 6.07) is 15.9. The zero-order valence-corrected chi connectivity index (χ0v) is 15.4. The van der Waals surface area contributed by atoms with Crippen LogP contribution in [0.5, 0.6) is 5.75 Å². The number of carbonyl (C=O) groups is 1. The summed E-state index contributed by atoms with van der Waals surface area (Å²) in [5.41, 5.74) is 6.73. The predicted octanol–water partition coefficient (Wildman–Crippen LogP) is 4.43. The molecule has 0 fully saturated rings. The van der Waals surface area contributed by atoms with Gasteiger partial charge in [-0.3, -0.25) is 4.79 Å². The molecule has 1 atom stereocenters. The van der Waals surface area contributed by atoms with E-state index in [1.54, 1.807) is 0 Å². The van der Waals surface area contributed by atoms with Gasteiger partial charge in [0.2, 0.25) is 0 Å². The number of nitrogens with one attached hydrogen (secondary N) is 1. The minimum Gasteiger partial charge on any atom is -0.484 e. The maximum absolute atomic E-state index is 11.9. The smallest absolute Gasteiger partial charge is 0.277 e. The molecular weight excluding hydrogens is 312 g/mol. The maximum Gasteiger partial charge on any atom is 0.277 e. The molecule has 0 aliphatic carbocycles. The topological polar surface area (TPSA) is 50.7 Å². The summed E-state index contributed by atoms with van der Waals surface area (Å²) < 4.78 is 5.51. The van der Waals surface area contributed by atoms with E-state index in [0.717, 1.165) is 17.7 Å². The highest BCUT2D eigenvalue weighted by Crippen LogP contribution is 2.21. The maximum atomic E-state index is 11.9. The fourth-order valence-electron chi connectivity index (χ4n) is 2.31. The fraction of sp³-hybridized carbons (Fsp3) is 0.333. The summed E-state index contributed by atoms with van der Waals surface area (Å²) >= 11 is 0. The minimum atomic E-state index is -0.280. The summed E-state index contributed by atoms with van der Waals surface area (Å²) in [7, 11) is 0. The summed E-state index contributed by atoms with van der Waals surface area (Å²) in [6.45, 7) is 8.19. The van der Waals surface area contributed by atoms with Crippen molar-refractivity contribution in [1.82, 2.24) is 5.43 Å². The highest BCUT2D eigenvalue weighted by atomic mass is 16.5. The Bertz CT molecular complexity index is 719. The summed E-state index contributed by atoms with van der Waals surface area (Å²) in [5.74, 6) is 0.926. The standard InChI is InChI=1S/C21H26N2O2/c1-5-16(3)18-10-12-20(13-11-18)25-14-21(24)23-22-17(4)19-8-6-15(2)7-9-19/h6-13,16H,5,14H2,1-4H3,(H,23,24)/b22-17+. The molecule has 4 heteroatoms. The summed E-state index contributed by atoms with van der Waals surface area (Å²) in [6.07, 6.45) is 1.10. The number of aryl methyl sites for hydroxylation is 1. The van der Waals surface area contributed by atoms with Crippen LogP contribution in [0.15, 0.2) is 53.6 Å². The first-order valence-electron chi connectivity index (χ1n) is 8.62. The van der Waals surface area contributed by atoms with Gasteiger partial charge in [-0.25, -0.2) is 5.43 Å². The molecule has 0 saturated heterocycles. The van der Waals surface area contributed by atoms with Gasteiger partial charge in [-0.1, -0.05) is 55.8 Å². The van der Waals surface area contributed by atoms with Gasteiger partial charge in [-0.05, 0) is 49.4 Å². The molecule has 132 valence electrons. The number of hydrogen-bond acceptors (Lipinski definition) is 3. The van der Waals surface area contributed by atoms with Crippen LogP contribution in [0, 0.1) is 6.92 Å². The molecule has 0 aliphatic heterocycles. The number of amides is 1. The highest BCUT2D eigenvalue weighted by molar-refractivity contribution is 5.99. The molecule has 0 saturated carbocycles. The third-order valence-electron chi connectivity index (χ3n) is 4.25. The van der Waals surface area contributed by atoms with Gasteiger partial charge in [0.05, 0.1) is 5.71 Å². The van der Waals surface area contributed by atoms with E-state index in [2.05, 4.69) is 24.4 Å². The SMILES string of the molecule is CCC(C)c1ccc(OCC(=O)N/N=C(\C)c2ccc(C)cc2)cc1. The number of ether oxygens (including phenoxy) is 1. The van der Waals surface area contributed by atoms with E-state index in [9.17, 15) is 4.79 Å². The third-order valence-corrected chi connectivity index (χ3v) is 4.25. The average molecular weight is 338 g/mol. The Labute approximate surface area is 149 Å². The number of hydrogen-bond donors (Lipinski definition) is 1. The zero-order chi connectivity index (χ0) is 18.2. The third kappa shape index (κ3) is 5.75. The molecule has 0 spiro atoms. The Hall–Kier alpha value is -2.62. The van der Waals surface area contributed by atoms with Gasteiger partial charge in [0, 0.05) is 0 Å². The molecule has 0 bridgehead atoms. The molecule has 25 heavy (non-hydrogen) atoms. The second-order valence-electron chi connectivity index (χ2n) is 6.27. The van der Waals surface area contributed by atoms with Crippen LogP contribution >= 0.6 is 0 Å².